The molecule has 1 atom stereocenters. The van der Waals surface area contributed by atoms with Crippen LogP contribution in [0.5, 0.6) is 0 Å². The summed E-state index contributed by atoms with van der Waals surface area (Å²) in [6, 6.07) is 1.61. The van der Waals surface area contributed by atoms with E-state index in [1.165, 1.54) is 14.2 Å². The zero-order chi connectivity index (χ0) is 17.9. The first kappa shape index (κ1) is 18.3. The minimum Gasteiger partial charge on any atom is -0.469 e. The van der Waals surface area contributed by atoms with E-state index in [0.29, 0.717) is 27.5 Å². The highest BCUT2D eigenvalue weighted by atomic mass is 35.5. The second kappa shape index (κ2) is 7.68. The lowest BCUT2D eigenvalue weighted by Gasteiger charge is -2.17. The van der Waals surface area contributed by atoms with E-state index >= 15 is 0 Å². The summed E-state index contributed by atoms with van der Waals surface area (Å²) in [4.78, 5) is 23.5. The monoisotopic (exact) mass is 350 g/mol. The van der Waals surface area contributed by atoms with Gasteiger partial charge in [-0.05, 0) is 17.5 Å². The zero-order valence-corrected chi connectivity index (χ0v) is 14.0. The van der Waals surface area contributed by atoms with Crippen LogP contribution in [0.2, 0.25) is 5.15 Å². The predicted octanol–water partition coefficient (Wildman–Crippen LogP) is 0.397. The van der Waals surface area contributed by atoms with Crippen molar-refractivity contribution in [3.63, 3.8) is 0 Å². The van der Waals surface area contributed by atoms with Gasteiger partial charge in [-0.3, -0.25) is 14.7 Å². The first-order valence-corrected chi connectivity index (χ1v) is 7.50. The van der Waals surface area contributed by atoms with Crippen LogP contribution in [0.25, 0.3) is 10.9 Å². The number of benzene rings is 1. The van der Waals surface area contributed by atoms with Gasteiger partial charge >= 0.3 is 11.9 Å². The average molecular weight is 351 g/mol. The molecule has 0 saturated carbocycles. The predicted molar refractivity (Wildman–Crippen MR) is 88.3 cm³/mol. The Labute approximate surface area is 144 Å². The van der Waals surface area contributed by atoms with Gasteiger partial charge in [-0.15, -0.1) is 0 Å². The maximum Gasteiger partial charge on any atom is 0.309 e. The number of nitrogens with one attached hydrogen (secondary N) is 1. The van der Waals surface area contributed by atoms with Gasteiger partial charge < -0.3 is 14.6 Å². The summed E-state index contributed by atoms with van der Waals surface area (Å²) in [6.07, 6.45) is -0.00951. The molecule has 1 heterocycles. The number of methoxy groups -OCH3 is 2. The number of aliphatic hydroxyl groups excluding tert-OH is 1. The highest BCUT2D eigenvalue weighted by molar-refractivity contribution is 6.41. The molecule has 0 spiro atoms. The summed E-state index contributed by atoms with van der Waals surface area (Å²) in [6.45, 7) is -0.322. The van der Waals surface area contributed by atoms with Gasteiger partial charge in [-0.25, -0.2) is 0 Å². The SMILES string of the molecule is [B]c1cc(C[C@@H](CC(=O)OC)C(=O)OC)c(CO)c2c(Cl)[nH]nc12. The first-order chi connectivity index (χ1) is 11.4. The van der Waals surface area contributed by atoms with E-state index in [9.17, 15) is 14.7 Å². The number of carbonyl (C=O) groups excluding carboxylic acids is 2. The maximum absolute atomic E-state index is 12.0. The van der Waals surface area contributed by atoms with E-state index < -0.39 is 17.9 Å². The molecule has 1 aromatic carbocycles. The number of aliphatic hydroxyl groups is 1. The molecule has 0 unspecified atom stereocenters. The minimum atomic E-state index is -0.768. The van der Waals surface area contributed by atoms with Crippen molar-refractivity contribution >= 4 is 47.8 Å². The molecule has 24 heavy (non-hydrogen) atoms. The number of H-pyrrole nitrogens is 1. The van der Waals surface area contributed by atoms with Crippen molar-refractivity contribution in [2.45, 2.75) is 19.4 Å². The standard InChI is InChI=1S/C15H16BClN2O5/c1-23-11(21)5-8(15(22)24-2)3-7-4-10(16)13-12(9(7)6-20)14(17)19-18-13/h4,8,20H,3,5-6H2,1-2H3,(H,18,19)/t8-/m0/s1. The van der Waals surface area contributed by atoms with Crippen LogP contribution in [0.1, 0.15) is 17.5 Å². The van der Waals surface area contributed by atoms with E-state index in [1.54, 1.807) is 6.07 Å². The fraction of sp³-hybridized carbons (Fsp3) is 0.400. The Morgan fingerprint density at radius 3 is 2.71 bits per heavy atom. The number of rotatable bonds is 6. The van der Waals surface area contributed by atoms with Crippen molar-refractivity contribution in [1.82, 2.24) is 10.2 Å². The Bertz CT molecular complexity index is 777. The molecule has 1 aromatic heterocycles. The lowest BCUT2D eigenvalue weighted by atomic mass is 9.85. The van der Waals surface area contributed by atoms with Crippen LogP contribution in [-0.4, -0.2) is 49.3 Å². The molecule has 0 amide bonds. The van der Waals surface area contributed by atoms with Crippen LogP contribution in [-0.2, 0) is 32.1 Å². The highest BCUT2D eigenvalue weighted by Gasteiger charge is 2.26. The van der Waals surface area contributed by atoms with Crippen LogP contribution in [0.15, 0.2) is 6.07 Å². The molecule has 0 aliphatic heterocycles. The third-order valence-corrected chi connectivity index (χ3v) is 4.09. The van der Waals surface area contributed by atoms with E-state index in [2.05, 4.69) is 14.9 Å². The second-order valence-electron chi connectivity index (χ2n) is 5.23. The summed E-state index contributed by atoms with van der Waals surface area (Å²) < 4.78 is 9.36. The summed E-state index contributed by atoms with van der Waals surface area (Å²) in [5.41, 5.74) is 1.87. The number of aromatic amines is 1. The van der Waals surface area contributed by atoms with Gasteiger partial charge in [-0.1, -0.05) is 23.1 Å². The fourth-order valence-corrected chi connectivity index (χ4v) is 2.87. The molecule has 0 fully saturated rings. The highest BCUT2D eigenvalue weighted by Crippen LogP contribution is 2.28. The van der Waals surface area contributed by atoms with Gasteiger partial charge in [0.15, 0.2) is 0 Å². The Morgan fingerprint density at radius 2 is 2.12 bits per heavy atom. The molecule has 2 radical (unpaired) electrons. The number of carbonyl (C=O) groups is 2. The third kappa shape index (κ3) is 3.54. The number of esters is 2. The van der Waals surface area contributed by atoms with Crippen LogP contribution in [0.4, 0.5) is 0 Å². The van der Waals surface area contributed by atoms with Crippen molar-refractivity contribution in [3.05, 3.63) is 22.3 Å². The normalized spacial score (nSPS) is 12.2. The van der Waals surface area contributed by atoms with E-state index in [1.807, 2.05) is 0 Å². The van der Waals surface area contributed by atoms with Gasteiger partial charge in [0.1, 0.15) is 13.0 Å². The number of fused-ring (bicyclic) bond motifs is 1. The molecular weight excluding hydrogens is 334 g/mol. The summed E-state index contributed by atoms with van der Waals surface area (Å²) in [7, 11) is 8.46. The summed E-state index contributed by atoms with van der Waals surface area (Å²) in [5, 5.41) is 17.1. The Hall–Kier alpha value is -2.06. The smallest absolute Gasteiger partial charge is 0.309 e. The molecule has 7 nitrogen and oxygen atoms in total. The van der Waals surface area contributed by atoms with Crippen molar-refractivity contribution < 1.29 is 24.2 Å². The van der Waals surface area contributed by atoms with E-state index in [4.69, 9.17) is 24.2 Å². The van der Waals surface area contributed by atoms with Crippen molar-refractivity contribution in [1.29, 1.82) is 0 Å². The molecule has 0 aliphatic carbocycles. The number of aromatic nitrogens is 2. The molecule has 0 bridgehead atoms. The largest absolute Gasteiger partial charge is 0.469 e. The van der Waals surface area contributed by atoms with Crippen molar-refractivity contribution in [3.8, 4) is 0 Å². The number of hydrogen-bond donors (Lipinski definition) is 2. The first-order valence-electron chi connectivity index (χ1n) is 7.12. The quantitative estimate of drug-likeness (QED) is 0.577. The van der Waals surface area contributed by atoms with Crippen LogP contribution < -0.4 is 5.46 Å². The topological polar surface area (TPSA) is 102 Å². The maximum atomic E-state index is 12.0. The zero-order valence-electron chi connectivity index (χ0n) is 13.3. The van der Waals surface area contributed by atoms with E-state index in [0.717, 1.165) is 0 Å². The van der Waals surface area contributed by atoms with Gasteiger partial charge in [0.25, 0.3) is 0 Å². The summed E-state index contributed by atoms with van der Waals surface area (Å²) in [5.74, 6) is -1.86. The number of ether oxygens (including phenoxy) is 2. The minimum absolute atomic E-state index is 0.138. The molecule has 2 rings (SSSR count). The molecule has 126 valence electrons. The Kier molecular flexibility index (Phi) is 5.85. The third-order valence-electron chi connectivity index (χ3n) is 3.81. The second-order valence-corrected chi connectivity index (χ2v) is 5.61. The van der Waals surface area contributed by atoms with Gasteiger partial charge in [-0.2, -0.15) is 5.10 Å². The molecule has 9 heteroatoms. The number of hydrogen-bond acceptors (Lipinski definition) is 6. The number of nitrogens with zero attached hydrogens (tertiary/aromatic N) is 1. The molecular formula is C15H16BClN2O5. The van der Waals surface area contributed by atoms with Gasteiger partial charge in [0, 0.05) is 5.39 Å². The van der Waals surface area contributed by atoms with E-state index in [-0.39, 0.29) is 24.6 Å². The van der Waals surface area contributed by atoms with Gasteiger partial charge in [0.05, 0.1) is 38.7 Å². The molecule has 0 saturated heterocycles. The lowest BCUT2D eigenvalue weighted by molar-refractivity contribution is -0.152. The Balaban J connectivity index is 2.47. The van der Waals surface area contributed by atoms with Crippen molar-refractivity contribution in [2.75, 3.05) is 14.2 Å². The molecule has 2 N–H and O–H groups in total. The molecule has 0 aliphatic rings. The average Bonchev–Trinajstić information content (AvgIpc) is 2.96. The van der Waals surface area contributed by atoms with Crippen LogP contribution in [0.3, 0.4) is 0 Å². The fourth-order valence-electron chi connectivity index (χ4n) is 2.63. The lowest BCUT2D eigenvalue weighted by Crippen LogP contribution is -2.24. The summed E-state index contributed by atoms with van der Waals surface area (Å²) >= 11 is 6.08. The van der Waals surface area contributed by atoms with Crippen molar-refractivity contribution in [2.24, 2.45) is 5.92 Å². The Morgan fingerprint density at radius 1 is 1.42 bits per heavy atom. The molecule has 2 aromatic rings. The number of halogens is 1. The van der Waals surface area contributed by atoms with Crippen LogP contribution in [0, 0.1) is 5.92 Å². The van der Waals surface area contributed by atoms with Crippen LogP contribution >= 0.6 is 11.6 Å². The van der Waals surface area contributed by atoms with Gasteiger partial charge in [0.2, 0.25) is 0 Å².